The van der Waals surface area contributed by atoms with Gasteiger partial charge >= 0.3 is 0 Å². The van der Waals surface area contributed by atoms with Gasteiger partial charge in [-0.1, -0.05) is 5.57 Å². The molecule has 14 heavy (non-hydrogen) atoms. The summed E-state index contributed by atoms with van der Waals surface area (Å²) in [7, 11) is 0. The molecule has 0 heterocycles. The molecule has 0 saturated carbocycles. The Morgan fingerprint density at radius 2 is 2.07 bits per heavy atom. The molecule has 2 heteroatoms. The summed E-state index contributed by atoms with van der Waals surface area (Å²) in [6.07, 6.45) is 1.84. The molecule has 0 radical (unpaired) electrons. The Morgan fingerprint density at radius 1 is 1.50 bits per heavy atom. The molecule has 0 aromatic rings. The fourth-order valence-electron chi connectivity index (χ4n) is 1.34. The molecule has 0 aliphatic rings. The number of ether oxygens (including phenoxy) is 1. The van der Waals surface area contributed by atoms with E-state index in [1.807, 2.05) is 6.92 Å². The highest BCUT2D eigenvalue weighted by atomic mass is 16.5. The summed E-state index contributed by atoms with van der Waals surface area (Å²) >= 11 is 0. The predicted molar refractivity (Wildman–Crippen MR) is 63.1 cm³/mol. The van der Waals surface area contributed by atoms with Crippen molar-refractivity contribution in [2.45, 2.75) is 52.2 Å². The van der Waals surface area contributed by atoms with Crippen LogP contribution in [0.3, 0.4) is 0 Å². The smallest absolute Gasteiger partial charge is 0.0646 e. The highest BCUT2D eigenvalue weighted by Crippen LogP contribution is 2.18. The molecule has 0 aliphatic heterocycles. The van der Waals surface area contributed by atoms with Crippen LogP contribution >= 0.6 is 0 Å². The summed E-state index contributed by atoms with van der Waals surface area (Å²) in [5, 5.41) is 0. The van der Waals surface area contributed by atoms with E-state index in [0.29, 0.717) is 0 Å². The zero-order valence-electron chi connectivity index (χ0n) is 9.97. The van der Waals surface area contributed by atoms with Crippen LogP contribution in [0.5, 0.6) is 0 Å². The lowest BCUT2D eigenvalue weighted by atomic mass is 10.00. The Bertz CT molecular complexity index is 196. The van der Waals surface area contributed by atoms with Gasteiger partial charge in [0.15, 0.2) is 0 Å². The molecule has 0 rings (SSSR count). The van der Waals surface area contributed by atoms with E-state index in [4.69, 9.17) is 4.74 Å². The summed E-state index contributed by atoms with van der Waals surface area (Å²) in [4.78, 5) is 3.97. The molecule has 0 N–H and O–H groups in total. The van der Waals surface area contributed by atoms with Gasteiger partial charge in [0.05, 0.1) is 12.2 Å². The van der Waals surface area contributed by atoms with Gasteiger partial charge in [-0.05, 0) is 47.3 Å². The Morgan fingerprint density at radius 3 is 2.50 bits per heavy atom. The minimum absolute atomic E-state index is 0.115. The minimum Gasteiger partial charge on any atom is -0.375 e. The average Bonchev–Trinajstić information content (AvgIpc) is 2.02. The topological polar surface area (TPSA) is 21.6 Å². The van der Waals surface area contributed by atoms with Crippen molar-refractivity contribution in [1.29, 1.82) is 0 Å². The van der Waals surface area contributed by atoms with Crippen LogP contribution in [0.25, 0.3) is 0 Å². The van der Waals surface area contributed by atoms with Crippen molar-refractivity contribution >= 4 is 6.72 Å². The highest BCUT2D eigenvalue weighted by molar-refractivity contribution is 5.24. The summed E-state index contributed by atoms with van der Waals surface area (Å²) in [6.45, 7) is 16.4. The Balaban J connectivity index is 3.82. The van der Waals surface area contributed by atoms with E-state index in [2.05, 4.69) is 39.1 Å². The Labute approximate surface area is 88.1 Å². The third-order valence-electron chi connectivity index (χ3n) is 2.12. The lowest BCUT2D eigenvalue weighted by molar-refractivity contribution is -0.0247. The van der Waals surface area contributed by atoms with Crippen LogP contribution in [0.4, 0.5) is 0 Å². The van der Waals surface area contributed by atoms with E-state index in [9.17, 15) is 0 Å². The van der Waals surface area contributed by atoms with E-state index < -0.39 is 0 Å². The maximum atomic E-state index is 5.76. The Hall–Kier alpha value is -0.630. The van der Waals surface area contributed by atoms with E-state index in [1.165, 1.54) is 0 Å². The monoisotopic (exact) mass is 197 g/mol. The second-order valence-electron chi connectivity index (χ2n) is 4.55. The van der Waals surface area contributed by atoms with E-state index in [0.717, 1.165) is 25.0 Å². The van der Waals surface area contributed by atoms with Crippen molar-refractivity contribution in [2.24, 2.45) is 4.99 Å². The van der Waals surface area contributed by atoms with Crippen molar-refractivity contribution in [1.82, 2.24) is 0 Å². The van der Waals surface area contributed by atoms with Gasteiger partial charge in [0.2, 0.25) is 0 Å². The van der Waals surface area contributed by atoms with Crippen LogP contribution in [0.1, 0.15) is 40.5 Å². The van der Waals surface area contributed by atoms with E-state index >= 15 is 0 Å². The third-order valence-corrected chi connectivity index (χ3v) is 2.12. The van der Waals surface area contributed by atoms with Crippen LogP contribution in [0.15, 0.2) is 17.1 Å². The molecule has 0 aromatic heterocycles. The minimum atomic E-state index is -0.115. The molecular formula is C12H23NO. The standard InChI is InChI=1S/C12H23NO/c1-10(2)7-8-14-12(4,5)9-11(3)13-6/h11H,1,6-9H2,2-5H3. The molecule has 0 amide bonds. The van der Waals surface area contributed by atoms with Crippen LogP contribution < -0.4 is 0 Å². The molecule has 1 atom stereocenters. The third kappa shape index (κ3) is 6.84. The van der Waals surface area contributed by atoms with Crippen molar-refractivity contribution in [3.63, 3.8) is 0 Å². The molecule has 0 saturated heterocycles. The normalized spacial score (nSPS) is 13.7. The summed E-state index contributed by atoms with van der Waals surface area (Å²) in [5.41, 5.74) is 1.05. The quantitative estimate of drug-likeness (QED) is 0.453. The molecule has 82 valence electrons. The lowest BCUT2D eigenvalue weighted by Gasteiger charge is -2.27. The SMILES string of the molecule is C=NC(C)CC(C)(C)OCCC(=C)C. The summed E-state index contributed by atoms with van der Waals surface area (Å²) in [5.74, 6) is 0. The lowest BCUT2D eigenvalue weighted by Crippen LogP contribution is -2.28. The van der Waals surface area contributed by atoms with Gasteiger partial charge in [0, 0.05) is 6.04 Å². The maximum absolute atomic E-state index is 5.76. The number of hydrogen-bond donors (Lipinski definition) is 0. The van der Waals surface area contributed by atoms with Crippen LogP contribution in [0.2, 0.25) is 0 Å². The molecule has 2 nitrogen and oxygen atoms in total. The first kappa shape index (κ1) is 13.4. The molecule has 1 unspecified atom stereocenters. The van der Waals surface area contributed by atoms with E-state index in [-0.39, 0.29) is 11.6 Å². The van der Waals surface area contributed by atoms with E-state index in [1.54, 1.807) is 0 Å². The van der Waals surface area contributed by atoms with Crippen molar-refractivity contribution in [2.75, 3.05) is 6.61 Å². The van der Waals surface area contributed by atoms with Crippen molar-refractivity contribution < 1.29 is 4.74 Å². The van der Waals surface area contributed by atoms with Crippen LogP contribution in [0, 0.1) is 0 Å². The summed E-state index contributed by atoms with van der Waals surface area (Å²) in [6, 6.07) is 0.259. The van der Waals surface area contributed by atoms with Gasteiger partial charge < -0.3 is 4.74 Å². The molecule has 0 fully saturated rings. The fraction of sp³-hybridized carbons (Fsp3) is 0.750. The molecule has 0 aromatic carbocycles. The van der Waals surface area contributed by atoms with Crippen LogP contribution in [-0.4, -0.2) is 25.0 Å². The largest absolute Gasteiger partial charge is 0.375 e. The van der Waals surface area contributed by atoms with Crippen LogP contribution in [-0.2, 0) is 4.74 Å². The molecule has 0 bridgehead atoms. The first-order chi connectivity index (χ1) is 6.37. The van der Waals surface area contributed by atoms with Crippen molar-refractivity contribution in [3.8, 4) is 0 Å². The first-order valence-corrected chi connectivity index (χ1v) is 5.11. The highest BCUT2D eigenvalue weighted by Gasteiger charge is 2.20. The summed E-state index contributed by atoms with van der Waals surface area (Å²) < 4.78 is 5.76. The van der Waals surface area contributed by atoms with Crippen molar-refractivity contribution in [3.05, 3.63) is 12.2 Å². The Kier molecular flexibility index (Phi) is 5.70. The molecular weight excluding hydrogens is 174 g/mol. The van der Waals surface area contributed by atoms with Gasteiger partial charge in [-0.3, -0.25) is 4.99 Å². The van der Waals surface area contributed by atoms with Gasteiger partial charge in [0.1, 0.15) is 0 Å². The first-order valence-electron chi connectivity index (χ1n) is 5.11. The second-order valence-corrected chi connectivity index (χ2v) is 4.55. The predicted octanol–water partition coefficient (Wildman–Crippen LogP) is 3.23. The molecule has 0 aliphatic carbocycles. The zero-order valence-corrected chi connectivity index (χ0v) is 9.97. The van der Waals surface area contributed by atoms with Gasteiger partial charge in [-0.25, -0.2) is 0 Å². The number of hydrogen-bond acceptors (Lipinski definition) is 2. The number of rotatable bonds is 7. The van der Waals surface area contributed by atoms with Gasteiger partial charge in [-0.2, -0.15) is 0 Å². The zero-order chi connectivity index (χ0) is 11.2. The second kappa shape index (κ2) is 5.97. The maximum Gasteiger partial charge on any atom is 0.0646 e. The van der Waals surface area contributed by atoms with Gasteiger partial charge in [0.25, 0.3) is 0 Å². The fourth-order valence-corrected chi connectivity index (χ4v) is 1.34. The van der Waals surface area contributed by atoms with Gasteiger partial charge in [-0.15, -0.1) is 6.58 Å². The number of nitrogens with zero attached hydrogens (tertiary/aromatic N) is 1. The number of aliphatic imine (C=N–C) groups is 1. The molecule has 0 spiro atoms. The average molecular weight is 197 g/mol.